The molecule has 21 heavy (non-hydrogen) atoms. The van der Waals surface area contributed by atoms with E-state index in [-0.39, 0.29) is 6.04 Å². The zero-order valence-electron chi connectivity index (χ0n) is 11.8. The van der Waals surface area contributed by atoms with Gasteiger partial charge in [0, 0.05) is 16.3 Å². The molecule has 0 bridgehead atoms. The van der Waals surface area contributed by atoms with E-state index in [1.165, 1.54) is 4.90 Å². The van der Waals surface area contributed by atoms with E-state index in [2.05, 4.69) is 31.0 Å². The third-order valence-electron chi connectivity index (χ3n) is 3.06. The minimum Gasteiger partial charge on any atom is -0.378 e. The number of para-hydroxylation sites is 1. The molecule has 2 rings (SSSR count). The van der Waals surface area contributed by atoms with Crippen molar-refractivity contribution in [1.29, 1.82) is 0 Å². The Balaban J connectivity index is 2.21. The largest absolute Gasteiger partial charge is 0.378 e. The van der Waals surface area contributed by atoms with Gasteiger partial charge < -0.3 is 5.32 Å². The van der Waals surface area contributed by atoms with Crippen molar-refractivity contribution < 1.29 is 0 Å². The molecule has 0 aliphatic rings. The lowest BCUT2D eigenvalue weighted by molar-refractivity contribution is 0.880. The molecule has 110 valence electrons. The minimum absolute atomic E-state index is 0.0710. The van der Waals surface area contributed by atoms with Gasteiger partial charge in [-0.15, -0.1) is 18.3 Å². The van der Waals surface area contributed by atoms with E-state index in [0.29, 0.717) is 10.0 Å². The van der Waals surface area contributed by atoms with E-state index in [0.717, 1.165) is 17.0 Å². The van der Waals surface area contributed by atoms with Crippen molar-refractivity contribution in [3.05, 3.63) is 70.7 Å². The fourth-order valence-corrected chi connectivity index (χ4v) is 3.25. The van der Waals surface area contributed by atoms with Gasteiger partial charge in [0.1, 0.15) is 0 Å². The summed E-state index contributed by atoms with van der Waals surface area (Å²) < 4.78 is 0. The van der Waals surface area contributed by atoms with E-state index in [1.807, 2.05) is 30.3 Å². The van der Waals surface area contributed by atoms with Crippen molar-refractivity contribution in [1.82, 2.24) is 0 Å². The van der Waals surface area contributed by atoms with Crippen LogP contribution in [0.1, 0.15) is 18.5 Å². The van der Waals surface area contributed by atoms with Crippen LogP contribution in [0.3, 0.4) is 0 Å². The van der Waals surface area contributed by atoms with Crippen LogP contribution in [0.15, 0.2) is 60.0 Å². The number of halogens is 2. The molecular formula is C17H17Cl2NS. The molecular weight excluding hydrogens is 321 g/mol. The van der Waals surface area contributed by atoms with E-state index >= 15 is 0 Å². The second-order valence-electron chi connectivity index (χ2n) is 4.60. The van der Waals surface area contributed by atoms with Crippen molar-refractivity contribution in [2.45, 2.75) is 17.9 Å². The van der Waals surface area contributed by atoms with Crippen LogP contribution in [0.5, 0.6) is 0 Å². The minimum atomic E-state index is 0.0710. The summed E-state index contributed by atoms with van der Waals surface area (Å²) in [5.41, 5.74) is 2.08. The first-order chi connectivity index (χ1) is 10.1. The maximum atomic E-state index is 6.29. The normalized spacial score (nSPS) is 12.0. The molecule has 2 aromatic carbocycles. The molecule has 4 heteroatoms. The van der Waals surface area contributed by atoms with E-state index < -0.39 is 0 Å². The monoisotopic (exact) mass is 337 g/mol. The number of anilines is 1. The Morgan fingerprint density at radius 2 is 1.95 bits per heavy atom. The van der Waals surface area contributed by atoms with Crippen molar-refractivity contribution in [3.8, 4) is 0 Å². The van der Waals surface area contributed by atoms with Gasteiger partial charge in [-0.3, -0.25) is 0 Å². The molecule has 1 N–H and O–H groups in total. The number of nitrogens with one attached hydrogen (secondary N) is 1. The molecule has 0 radical (unpaired) electrons. The molecule has 0 aromatic heterocycles. The van der Waals surface area contributed by atoms with Crippen molar-refractivity contribution >= 4 is 40.7 Å². The summed E-state index contributed by atoms with van der Waals surface area (Å²) in [5.74, 6) is 0.880. The molecule has 1 nitrogen and oxygen atoms in total. The maximum Gasteiger partial charge on any atom is 0.0644 e. The van der Waals surface area contributed by atoms with Crippen molar-refractivity contribution in [2.75, 3.05) is 11.1 Å². The van der Waals surface area contributed by atoms with Gasteiger partial charge in [0.2, 0.25) is 0 Å². The van der Waals surface area contributed by atoms with Crippen LogP contribution < -0.4 is 5.32 Å². The molecule has 1 atom stereocenters. The highest BCUT2D eigenvalue weighted by molar-refractivity contribution is 7.99. The number of hydrogen-bond acceptors (Lipinski definition) is 2. The van der Waals surface area contributed by atoms with Gasteiger partial charge >= 0.3 is 0 Å². The van der Waals surface area contributed by atoms with Crippen LogP contribution >= 0.6 is 35.0 Å². The lowest BCUT2D eigenvalue weighted by atomic mass is 10.1. The second kappa shape index (κ2) is 7.79. The Kier molecular flexibility index (Phi) is 6.04. The fraction of sp³-hybridized carbons (Fsp3) is 0.176. The summed E-state index contributed by atoms with van der Waals surface area (Å²) in [5, 5.41) is 4.69. The predicted molar refractivity (Wildman–Crippen MR) is 95.9 cm³/mol. The molecule has 0 spiro atoms. The molecule has 0 fully saturated rings. The summed E-state index contributed by atoms with van der Waals surface area (Å²) in [4.78, 5) is 1.20. The molecule has 0 heterocycles. The smallest absolute Gasteiger partial charge is 0.0644 e. The van der Waals surface area contributed by atoms with E-state index in [1.54, 1.807) is 17.8 Å². The number of rotatable bonds is 6. The molecule has 2 aromatic rings. The summed E-state index contributed by atoms with van der Waals surface area (Å²) in [6.45, 7) is 5.84. The summed E-state index contributed by atoms with van der Waals surface area (Å²) >= 11 is 14.1. The second-order valence-corrected chi connectivity index (χ2v) is 6.45. The zero-order chi connectivity index (χ0) is 15.2. The van der Waals surface area contributed by atoms with E-state index in [4.69, 9.17) is 23.2 Å². The number of benzene rings is 2. The molecule has 0 amide bonds. The molecule has 0 aliphatic carbocycles. The maximum absolute atomic E-state index is 6.29. The lowest BCUT2D eigenvalue weighted by Crippen LogP contribution is -2.08. The van der Waals surface area contributed by atoms with Gasteiger partial charge in [-0.1, -0.05) is 53.5 Å². The van der Waals surface area contributed by atoms with Crippen molar-refractivity contribution in [2.24, 2.45) is 0 Å². The van der Waals surface area contributed by atoms with Gasteiger partial charge in [-0.25, -0.2) is 0 Å². The van der Waals surface area contributed by atoms with Gasteiger partial charge in [0.05, 0.1) is 16.1 Å². The standard InChI is InChI=1S/C17H17Cl2NS/c1-3-11-21-16-10-5-4-9-15(16)20-12(2)13-7-6-8-14(18)17(13)19/h3-10,12,20H,1,11H2,2H3. The van der Waals surface area contributed by atoms with Gasteiger partial charge in [-0.05, 0) is 30.7 Å². The number of hydrogen-bond donors (Lipinski definition) is 1. The first-order valence-corrected chi connectivity index (χ1v) is 8.40. The third-order valence-corrected chi connectivity index (χ3v) is 4.97. The Morgan fingerprint density at radius 1 is 1.19 bits per heavy atom. The van der Waals surface area contributed by atoms with Gasteiger partial charge in [0.25, 0.3) is 0 Å². The Hall–Kier alpha value is -1.09. The summed E-state index contributed by atoms with van der Waals surface area (Å²) in [7, 11) is 0. The highest BCUT2D eigenvalue weighted by atomic mass is 35.5. The predicted octanol–water partition coefficient (Wildman–Crippen LogP) is 6.44. The SMILES string of the molecule is C=CCSc1ccccc1NC(C)c1cccc(Cl)c1Cl. The van der Waals surface area contributed by atoms with Crippen LogP contribution in [-0.4, -0.2) is 5.75 Å². The van der Waals surface area contributed by atoms with E-state index in [9.17, 15) is 0 Å². The first-order valence-electron chi connectivity index (χ1n) is 6.66. The Labute approximate surface area is 140 Å². The molecule has 0 aliphatic heterocycles. The zero-order valence-corrected chi connectivity index (χ0v) is 14.1. The molecule has 1 unspecified atom stereocenters. The molecule has 0 saturated carbocycles. The Morgan fingerprint density at radius 3 is 2.71 bits per heavy atom. The fourth-order valence-electron chi connectivity index (χ4n) is 2.03. The third kappa shape index (κ3) is 4.19. The van der Waals surface area contributed by atoms with Crippen LogP contribution in [0.2, 0.25) is 10.0 Å². The quantitative estimate of drug-likeness (QED) is 0.480. The average Bonchev–Trinajstić information content (AvgIpc) is 2.49. The Bertz CT molecular complexity index is 628. The first kappa shape index (κ1) is 16.3. The highest BCUT2D eigenvalue weighted by Gasteiger charge is 2.13. The average molecular weight is 338 g/mol. The van der Waals surface area contributed by atoms with Crippen LogP contribution in [0, 0.1) is 0 Å². The summed E-state index contributed by atoms with van der Waals surface area (Å²) in [6, 6.07) is 14.0. The highest BCUT2D eigenvalue weighted by Crippen LogP contribution is 2.34. The van der Waals surface area contributed by atoms with Crippen LogP contribution in [0.25, 0.3) is 0 Å². The van der Waals surface area contributed by atoms with Gasteiger partial charge in [0.15, 0.2) is 0 Å². The van der Waals surface area contributed by atoms with Crippen LogP contribution in [-0.2, 0) is 0 Å². The molecule has 0 saturated heterocycles. The number of thioether (sulfide) groups is 1. The topological polar surface area (TPSA) is 12.0 Å². The lowest BCUT2D eigenvalue weighted by Gasteiger charge is -2.19. The van der Waals surface area contributed by atoms with Gasteiger partial charge in [-0.2, -0.15) is 0 Å². The van der Waals surface area contributed by atoms with Crippen LogP contribution in [0.4, 0.5) is 5.69 Å². The van der Waals surface area contributed by atoms with Crippen molar-refractivity contribution in [3.63, 3.8) is 0 Å². The summed E-state index contributed by atoms with van der Waals surface area (Å²) in [6.07, 6.45) is 1.90.